The summed E-state index contributed by atoms with van der Waals surface area (Å²) >= 11 is 0. The fourth-order valence-corrected chi connectivity index (χ4v) is 1.79. The molecule has 1 unspecified atom stereocenters. The number of ether oxygens (including phenoxy) is 1. The zero-order chi connectivity index (χ0) is 13.7. The summed E-state index contributed by atoms with van der Waals surface area (Å²) in [5, 5.41) is 11.9. The van der Waals surface area contributed by atoms with Crippen LogP contribution in [-0.2, 0) is 4.74 Å². The van der Waals surface area contributed by atoms with Gasteiger partial charge in [0, 0.05) is 31.5 Å². The Balaban J connectivity index is 3.16. The average molecular weight is 251 g/mol. The molecule has 3 N–H and O–H groups in total. The summed E-state index contributed by atoms with van der Waals surface area (Å²) in [6.45, 7) is 4.68. The van der Waals surface area contributed by atoms with Gasteiger partial charge < -0.3 is 20.6 Å². The first-order valence-corrected chi connectivity index (χ1v) is 5.81. The summed E-state index contributed by atoms with van der Waals surface area (Å²) in [6.07, 6.45) is 0. The summed E-state index contributed by atoms with van der Waals surface area (Å²) in [5.74, 6) is 0.112. The van der Waals surface area contributed by atoms with Crippen LogP contribution in [0.3, 0.4) is 0 Å². The van der Waals surface area contributed by atoms with E-state index < -0.39 is 0 Å². The molecule has 0 saturated heterocycles. The highest BCUT2D eigenvalue weighted by Gasteiger charge is 2.15. The standard InChI is InChI=1S/C13H21N3O2/c1-9-5-6-11(13(14)15-17)12(7-9)16(3)10(2)8-18-4/h5-7,10,17H,8H2,1-4H3,(H2,14,15). The lowest BCUT2D eigenvalue weighted by Gasteiger charge is -2.28. The van der Waals surface area contributed by atoms with Gasteiger partial charge in [-0.25, -0.2) is 0 Å². The van der Waals surface area contributed by atoms with Gasteiger partial charge in [0.05, 0.1) is 6.61 Å². The number of benzene rings is 1. The SMILES string of the molecule is COCC(C)N(C)c1cc(C)ccc1C(N)=NO. The molecule has 0 aliphatic rings. The van der Waals surface area contributed by atoms with Gasteiger partial charge in [0.15, 0.2) is 5.84 Å². The molecule has 0 bridgehead atoms. The van der Waals surface area contributed by atoms with Crippen LogP contribution in [0, 0.1) is 6.92 Å². The van der Waals surface area contributed by atoms with Crippen molar-refractivity contribution in [2.75, 3.05) is 25.7 Å². The number of rotatable bonds is 5. The molecule has 1 atom stereocenters. The predicted molar refractivity (Wildman–Crippen MR) is 73.4 cm³/mol. The zero-order valence-corrected chi connectivity index (χ0v) is 11.3. The van der Waals surface area contributed by atoms with Crippen LogP contribution >= 0.6 is 0 Å². The molecule has 5 nitrogen and oxygen atoms in total. The van der Waals surface area contributed by atoms with E-state index >= 15 is 0 Å². The first-order chi connectivity index (χ1) is 8.51. The van der Waals surface area contributed by atoms with Crippen LogP contribution in [0.25, 0.3) is 0 Å². The highest BCUT2D eigenvalue weighted by atomic mass is 16.5. The minimum Gasteiger partial charge on any atom is -0.409 e. The number of hydrogen-bond donors (Lipinski definition) is 2. The second kappa shape index (κ2) is 6.26. The summed E-state index contributed by atoms with van der Waals surface area (Å²) in [5.41, 5.74) is 8.46. The van der Waals surface area contributed by atoms with Crippen LogP contribution in [0.5, 0.6) is 0 Å². The van der Waals surface area contributed by atoms with Crippen molar-refractivity contribution in [3.8, 4) is 0 Å². The Morgan fingerprint density at radius 3 is 2.78 bits per heavy atom. The monoisotopic (exact) mass is 251 g/mol. The molecule has 0 spiro atoms. The van der Waals surface area contributed by atoms with Crippen LogP contribution in [-0.4, -0.2) is 37.8 Å². The van der Waals surface area contributed by atoms with Crippen LogP contribution in [0.4, 0.5) is 5.69 Å². The van der Waals surface area contributed by atoms with Crippen molar-refractivity contribution < 1.29 is 9.94 Å². The maximum Gasteiger partial charge on any atom is 0.172 e. The third-order valence-corrected chi connectivity index (χ3v) is 2.99. The van der Waals surface area contributed by atoms with Crippen LogP contribution < -0.4 is 10.6 Å². The Kier molecular flexibility index (Phi) is 4.97. The molecule has 0 fully saturated rings. The molecule has 0 saturated carbocycles. The number of aryl methyl sites for hydroxylation is 1. The average Bonchev–Trinajstić information content (AvgIpc) is 2.37. The number of nitrogens with zero attached hydrogens (tertiary/aromatic N) is 2. The lowest BCUT2D eigenvalue weighted by atomic mass is 10.1. The lowest BCUT2D eigenvalue weighted by molar-refractivity contribution is 0.183. The molecular formula is C13H21N3O2. The smallest absolute Gasteiger partial charge is 0.172 e. The molecule has 0 radical (unpaired) electrons. The van der Waals surface area contributed by atoms with Gasteiger partial charge in [0.1, 0.15) is 0 Å². The molecule has 0 aromatic heterocycles. The fraction of sp³-hybridized carbons (Fsp3) is 0.462. The minimum atomic E-state index is 0.112. The van der Waals surface area contributed by atoms with Crippen LogP contribution in [0.2, 0.25) is 0 Å². The number of amidine groups is 1. The normalized spacial score (nSPS) is 13.4. The highest BCUT2D eigenvalue weighted by molar-refractivity contribution is 6.02. The van der Waals surface area contributed by atoms with Gasteiger partial charge in [-0.15, -0.1) is 0 Å². The van der Waals surface area contributed by atoms with E-state index in [4.69, 9.17) is 15.7 Å². The van der Waals surface area contributed by atoms with Gasteiger partial charge >= 0.3 is 0 Å². The van der Waals surface area contributed by atoms with E-state index in [0.717, 1.165) is 11.3 Å². The van der Waals surface area contributed by atoms with Crippen molar-refractivity contribution in [2.24, 2.45) is 10.9 Å². The highest BCUT2D eigenvalue weighted by Crippen LogP contribution is 2.23. The van der Waals surface area contributed by atoms with Crippen molar-refractivity contribution in [1.82, 2.24) is 0 Å². The summed E-state index contributed by atoms with van der Waals surface area (Å²) < 4.78 is 5.15. The summed E-state index contributed by atoms with van der Waals surface area (Å²) in [6, 6.07) is 6.00. The Bertz CT molecular complexity index is 432. The van der Waals surface area contributed by atoms with E-state index in [9.17, 15) is 0 Å². The predicted octanol–water partition coefficient (Wildman–Crippen LogP) is 1.56. The fourth-order valence-electron chi connectivity index (χ4n) is 1.79. The second-order valence-corrected chi connectivity index (χ2v) is 4.42. The van der Waals surface area contributed by atoms with Gasteiger partial charge in [0.25, 0.3) is 0 Å². The molecule has 100 valence electrons. The van der Waals surface area contributed by atoms with E-state index in [2.05, 4.69) is 17.0 Å². The molecule has 1 rings (SSSR count). The van der Waals surface area contributed by atoms with E-state index in [1.54, 1.807) is 7.11 Å². The van der Waals surface area contributed by atoms with Crippen LogP contribution in [0.15, 0.2) is 23.4 Å². The van der Waals surface area contributed by atoms with Crippen LogP contribution in [0.1, 0.15) is 18.1 Å². The van der Waals surface area contributed by atoms with E-state index in [-0.39, 0.29) is 11.9 Å². The number of oxime groups is 1. The third kappa shape index (κ3) is 3.13. The topological polar surface area (TPSA) is 71.1 Å². The Morgan fingerprint density at radius 2 is 2.22 bits per heavy atom. The molecular weight excluding hydrogens is 230 g/mol. The van der Waals surface area contributed by atoms with Gasteiger partial charge in [-0.1, -0.05) is 11.2 Å². The molecule has 0 heterocycles. The molecule has 18 heavy (non-hydrogen) atoms. The molecule has 1 aromatic carbocycles. The number of hydrogen-bond acceptors (Lipinski definition) is 4. The summed E-state index contributed by atoms with van der Waals surface area (Å²) in [4.78, 5) is 2.06. The first-order valence-electron chi connectivity index (χ1n) is 5.81. The van der Waals surface area contributed by atoms with Crippen molar-refractivity contribution in [3.05, 3.63) is 29.3 Å². The Morgan fingerprint density at radius 1 is 1.56 bits per heavy atom. The van der Waals surface area contributed by atoms with Crippen molar-refractivity contribution in [1.29, 1.82) is 0 Å². The van der Waals surface area contributed by atoms with Gasteiger partial charge in [0.2, 0.25) is 0 Å². The van der Waals surface area contributed by atoms with E-state index in [1.165, 1.54) is 0 Å². The Labute approximate surface area is 108 Å². The molecule has 5 heteroatoms. The van der Waals surface area contributed by atoms with Crippen molar-refractivity contribution in [3.63, 3.8) is 0 Å². The summed E-state index contributed by atoms with van der Waals surface area (Å²) in [7, 11) is 3.64. The molecule has 1 aromatic rings. The number of anilines is 1. The number of nitrogens with two attached hydrogens (primary N) is 1. The third-order valence-electron chi connectivity index (χ3n) is 2.99. The largest absolute Gasteiger partial charge is 0.409 e. The zero-order valence-electron chi connectivity index (χ0n) is 11.3. The van der Waals surface area contributed by atoms with E-state index in [1.807, 2.05) is 32.2 Å². The lowest BCUT2D eigenvalue weighted by Crippen LogP contribution is -2.34. The molecule has 0 aliphatic heterocycles. The second-order valence-electron chi connectivity index (χ2n) is 4.42. The number of methoxy groups -OCH3 is 1. The first kappa shape index (κ1) is 14.3. The van der Waals surface area contributed by atoms with Crippen molar-refractivity contribution in [2.45, 2.75) is 19.9 Å². The minimum absolute atomic E-state index is 0.112. The molecule has 0 aliphatic carbocycles. The number of likely N-dealkylation sites (N-methyl/N-ethyl adjacent to an activating group) is 1. The van der Waals surface area contributed by atoms with Gasteiger partial charge in [-0.3, -0.25) is 0 Å². The molecule has 0 amide bonds. The van der Waals surface area contributed by atoms with Gasteiger partial charge in [-0.2, -0.15) is 0 Å². The maximum absolute atomic E-state index is 8.83. The van der Waals surface area contributed by atoms with E-state index in [0.29, 0.717) is 12.2 Å². The van der Waals surface area contributed by atoms with Gasteiger partial charge in [-0.05, 0) is 31.5 Å². The van der Waals surface area contributed by atoms with Crippen molar-refractivity contribution >= 4 is 11.5 Å². The quantitative estimate of drug-likeness (QED) is 0.360. The maximum atomic E-state index is 8.83. The Hall–Kier alpha value is -1.75.